The molecule has 0 spiro atoms. The maximum Gasteiger partial charge on any atom is 0.193 e. The lowest BCUT2D eigenvalue weighted by atomic mass is 10.1. The van der Waals surface area contributed by atoms with Gasteiger partial charge in [-0.3, -0.25) is 4.99 Å². The Bertz CT molecular complexity index is 888. The van der Waals surface area contributed by atoms with Crippen LogP contribution in [0.15, 0.2) is 41.9 Å². The Morgan fingerprint density at radius 2 is 2.10 bits per heavy atom. The van der Waals surface area contributed by atoms with E-state index in [9.17, 15) is 5.26 Å². The minimum atomic E-state index is 0.384. The summed E-state index contributed by atoms with van der Waals surface area (Å²) >= 11 is 0. The summed E-state index contributed by atoms with van der Waals surface area (Å²) in [5.74, 6) is 1.28. The number of anilines is 1. The number of nitrogens with one attached hydrogen (secondary N) is 1. The summed E-state index contributed by atoms with van der Waals surface area (Å²) in [7, 11) is 2.04. The topological polar surface area (TPSA) is 95.3 Å². The monoisotopic (exact) mass is 407 g/mol. The van der Waals surface area contributed by atoms with E-state index < -0.39 is 0 Å². The fourth-order valence-corrected chi connectivity index (χ4v) is 3.14. The minimum absolute atomic E-state index is 0.384. The standard InChI is InChI=1S/C23H33N7/c1-5-7-8-16-29(4)23(26-6-2)27-15-9-10-21-20(17-24)22(25)30(28-21)19-13-11-18(3)12-14-19/h5,11-14H,1,6-10,15-16,25H2,2-4H3,(H,26,27). The van der Waals surface area contributed by atoms with Crippen molar-refractivity contribution in [3.8, 4) is 11.8 Å². The molecule has 30 heavy (non-hydrogen) atoms. The average Bonchev–Trinajstić information content (AvgIpc) is 3.06. The number of nitrogens with zero attached hydrogens (tertiary/aromatic N) is 5. The molecule has 0 fully saturated rings. The number of aryl methyl sites for hydroxylation is 2. The summed E-state index contributed by atoms with van der Waals surface area (Å²) < 4.78 is 1.65. The lowest BCUT2D eigenvalue weighted by Crippen LogP contribution is -2.39. The number of hydrogen-bond donors (Lipinski definition) is 2. The molecule has 0 aliphatic heterocycles. The number of nitrogens with two attached hydrogens (primary N) is 1. The zero-order valence-corrected chi connectivity index (χ0v) is 18.4. The number of allylic oxidation sites excluding steroid dienone is 1. The van der Waals surface area contributed by atoms with Crippen LogP contribution in [-0.2, 0) is 6.42 Å². The predicted molar refractivity (Wildman–Crippen MR) is 124 cm³/mol. The highest BCUT2D eigenvalue weighted by molar-refractivity contribution is 5.79. The van der Waals surface area contributed by atoms with Gasteiger partial charge >= 0.3 is 0 Å². The van der Waals surface area contributed by atoms with Gasteiger partial charge in [0.25, 0.3) is 0 Å². The molecule has 7 heteroatoms. The summed E-state index contributed by atoms with van der Waals surface area (Å²) in [5, 5.41) is 17.5. The maximum atomic E-state index is 9.56. The van der Waals surface area contributed by atoms with E-state index in [4.69, 9.17) is 10.7 Å². The van der Waals surface area contributed by atoms with Crippen LogP contribution in [0.2, 0.25) is 0 Å². The van der Waals surface area contributed by atoms with E-state index in [1.54, 1.807) is 4.68 Å². The van der Waals surface area contributed by atoms with Gasteiger partial charge in [-0.05, 0) is 51.7 Å². The molecule has 0 saturated heterocycles. The van der Waals surface area contributed by atoms with E-state index in [2.05, 4.69) is 34.9 Å². The van der Waals surface area contributed by atoms with Crippen molar-refractivity contribution in [2.24, 2.45) is 4.99 Å². The highest BCUT2D eigenvalue weighted by atomic mass is 15.3. The zero-order chi connectivity index (χ0) is 21.9. The van der Waals surface area contributed by atoms with Crippen molar-refractivity contribution in [1.29, 1.82) is 5.26 Å². The van der Waals surface area contributed by atoms with E-state index in [0.717, 1.165) is 55.3 Å². The smallest absolute Gasteiger partial charge is 0.193 e. The van der Waals surface area contributed by atoms with Crippen molar-refractivity contribution in [3.63, 3.8) is 0 Å². The first kappa shape index (κ1) is 23.0. The maximum absolute atomic E-state index is 9.56. The van der Waals surface area contributed by atoms with Crippen molar-refractivity contribution < 1.29 is 0 Å². The van der Waals surface area contributed by atoms with Crippen LogP contribution in [0.1, 0.15) is 43.0 Å². The van der Waals surface area contributed by atoms with E-state index in [0.29, 0.717) is 24.3 Å². The summed E-state index contributed by atoms with van der Waals surface area (Å²) in [6.45, 7) is 10.3. The van der Waals surface area contributed by atoms with Gasteiger partial charge in [-0.2, -0.15) is 10.4 Å². The van der Waals surface area contributed by atoms with Crippen LogP contribution in [0, 0.1) is 18.3 Å². The fraction of sp³-hybridized carbons (Fsp3) is 0.435. The normalized spacial score (nSPS) is 11.2. The average molecular weight is 408 g/mol. The largest absolute Gasteiger partial charge is 0.382 e. The highest BCUT2D eigenvalue weighted by Gasteiger charge is 2.16. The highest BCUT2D eigenvalue weighted by Crippen LogP contribution is 2.21. The number of aromatic nitrogens is 2. The molecule has 160 valence electrons. The van der Waals surface area contributed by atoms with E-state index >= 15 is 0 Å². The van der Waals surface area contributed by atoms with Crippen LogP contribution in [-0.4, -0.2) is 47.3 Å². The SMILES string of the molecule is C=CCCCN(C)C(=NCCCc1nn(-c2ccc(C)cc2)c(N)c1C#N)NCC. The molecule has 0 aliphatic rings. The number of unbranched alkanes of at least 4 members (excludes halogenated alkanes) is 1. The first-order valence-electron chi connectivity index (χ1n) is 10.5. The summed E-state index contributed by atoms with van der Waals surface area (Å²) in [6.07, 6.45) is 5.41. The third-order valence-corrected chi connectivity index (χ3v) is 4.82. The van der Waals surface area contributed by atoms with E-state index in [-0.39, 0.29) is 0 Å². The molecule has 0 bridgehead atoms. The van der Waals surface area contributed by atoms with Gasteiger partial charge in [0.1, 0.15) is 17.5 Å². The molecule has 0 radical (unpaired) electrons. The Balaban J connectivity index is 2.04. The number of aliphatic imine (C=N–C) groups is 1. The molecule has 0 amide bonds. The van der Waals surface area contributed by atoms with Crippen LogP contribution >= 0.6 is 0 Å². The lowest BCUT2D eigenvalue weighted by Gasteiger charge is -2.21. The minimum Gasteiger partial charge on any atom is -0.382 e. The molecule has 3 N–H and O–H groups in total. The van der Waals surface area contributed by atoms with Gasteiger partial charge in [0, 0.05) is 26.7 Å². The molecule has 0 aliphatic carbocycles. The van der Waals surface area contributed by atoms with Crippen molar-refractivity contribution in [3.05, 3.63) is 53.7 Å². The third-order valence-electron chi connectivity index (χ3n) is 4.82. The molecule has 0 unspecified atom stereocenters. The van der Waals surface area contributed by atoms with Crippen LogP contribution in [0.25, 0.3) is 5.69 Å². The second-order valence-electron chi connectivity index (χ2n) is 7.26. The van der Waals surface area contributed by atoms with Crippen molar-refractivity contribution in [2.45, 2.75) is 39.5 Å². The number of rotatable bonds is 10. The third kappa shape index (κ3) is 6.11. The second kappa shape index (κ2) is 11.7. The first-order chi connectivity index (χ1) is 14.5. The van der Waals surface area contributed by atoms with E-state index in [1.165, 1.54) is 0 Å². The zero-order valence-electron chi connectivity index (χ0n) is 18.4. The van der Waals surface area contributed by atoms with Crippen LogP contribution in [0.5, 0.6) is 0 Å². The van der Waals surface area contributed by atoms with Crippen molar-refractivity contribution in [2.75, 3.05) is 32.4 Å². The summed E-state index contributed by atoms with van der Waals surface area (Å²) in [6, 6.07) is 10.1. The molecule has 0 atom stereocenters. The lowest BCUT2D eigenvalue weighted by molar-refractivity contribution is 0.469. The molecule has 1 aromatic carbocycles. The number of guanidine groups is 1. The molecule has 1 aromatic heterocycles. The van der Waals surface area contributed by atoms with E-state index in [1.807, 2.05) is 44.3 Å². The summed E-state index contributed by atoms with van der Waals surface area (Å²) in [5.41, 5.74) is 9.39. The van der Waals surface area contributed by atoms with Gasteiger partial charge < -0.3 is 16.0 Å². The van der Waals surface area contributed by atoms with Gasteiger partial charge in [0.15, 0.2) is 5.96 Å². The van der Waals surface area contributed by atoms with Gasteiger partial charge in [-0.25, -0.2) is 4.68 Å². The van der Waals surface area contributed by atoms with Gasteiger partial charge in [0.2, 0.25) is 0 Å². The summed E-state index contributed by atoms with van der Waals surface area (Å²) in [4.78, 5) is 6.85. The van der Waals surface area contributed by atoms with Gasteiger partial charge in [-0.15, -0.1) is 6.58 Å². The molecular weight excluding hydrogens is 374 g/mol. The molecular formula is C23H33N7. The Kier molecular flexibility index (Phi) is 8.95. The predicted octanol–water partition coefficient (Wildman–Crippen LogP) is 3.43. The molecule has 2 aromatic rings. The molecule has 7 nitrogen and oxygen atoms in total. The Labute approximate surface area is 179 Å². The van der Waals surface area contributed by atoms with Gasteiger partial charge in [-0.1, -0.05) is 23.8 Å². The Morgan fingerprint density at radius 1 is 1.37 bits per heavy atom. The molecule has 0 saturated carbocycles. The Hall–Kier alpha value is -3.27. The molecule has 2 rings (SSSR count). The fourth-order valence-electron chi connectivity index (χ4n) is 3.14. The van der Waals surface area contributed by atoms with Crippen molar-refractivity contribution in [1.82, 2.24) is 20.0 Å². The number of benzene rings is 1. The first-order valence-corrected chi connectivity index (χ1v) is 10.5. The van der Waals surface area contributed by atoms with Gasteiger partial charge in [0.05, 0.1) is 11.4 Å². The number of nitrogen functional groups attached to an aromatic ring is 1. The van der Waals surface area contributed by atoms with Crippen molar-refractivity contribution >= 4 is 11.8 Å². The second-order valence-corrected chi connectivity index (χ2v) is 7.26. The number of nitriles is 1. The van der Waals surface area contributed by atoms with Crippen LogP contribution in [0.3, 0.4) is 0 Å². The van der Waals surface area contributed by atoms with Crippen LogP contribution in [0.4, 0.5) is 5.82 Å². The Morgan fingerprint density at radius 3 is 2.73 bits per heavy atom. The number of hydrogen-bond acceptors (Lipinski definition) is 4. The quantitative estimate of drug-likeness (QED) is 0.272. The van der Waals surface area contributed by atoms with Crippen LogP contribution < -0.4 is 11.1 Å². The molecule has 1 heterocycles.